The molecule has 0 bridgehead atoms. The summed E-state index contributed by atoms with van der Waals surface area (Å²) in [5.74, 6) is 0. The maximum atomic E-state index is 0. The van der Waals surface area contributed by atoms with E-state index < -0.39 is 0 Å². The highest BCUT2D eigenvalue weighted by molar-refractivity contribution is 2.50. The van der Waals surface area contributed by atoms with E-state index >= 15 is 0 Å². The standard InChI is InChI=1S/CH4.6H2O/h1H4;6*1H2. The summed E-state index contributed by atoms with van der Waals surface area (Å²) in [6, 6.07) is 0. The van der Waals surface area contributed by atoms with Crippen LogP contribution in [0.25, 0.3) is 0 Å². The van der Waals surface area contributed by atoms with Gasteiger partial charge in [0.25, 0.3) is 0 Å². The van der Waals surface area contributed by atoms with Gasteiger partial charge in [-0.25, -0.2) is 0 Å². The lowest BCUT2D eigenvalue weighted by Gasteiger charge is -0.413. The van der Waals surface area contributed by atoms with Gasteiger partial charge in [0.1, 0.15) is 0 Å². The minimum Gasteiger partial charge on any atom is -0.412 e. The Labute approximate surface area is 41.6 Å². The van der Waals surface area contributed by atoms with Gasteiger partial charge in [-0.15, -0.1) is 0 Å². The smallest absolute Gasteiger partial charge is 0.0776 e. The van der Waals surface area contributed by atoms with Crippen molar-refractivity contribution < 1.29 is 32.9 Å². The van der Waals surface area contributed by atoms with Crippen molar-refractivity contribution in [3.8, 4) is 0 Å². The van der Waals surface area contributed by atoms with E-state index in [-0.39, 0.29) is 40.3 Å². The van der Waals surface area contributed by atoms with Crippen LogP contribution < -0.4 is 0 Å². The summed E-state index contributed by atoms with van der Waals surface area (Å²) >= 11 is 0. The van der Waals surface area contributed by atoms with Crippen molar-refractivity contribution in [2.75, 3.05) is 0 Å². The predicted octanol–water partition coefficient (Wildman–Crippen LogP) is -4.31. The Hall–Kier alpha value is -0.240. The Balaban J connectivity index is 0. The SMILES string of the molecule is C.O.O.O.O.O.O. The number of rotatable bonds is 0. The molecule has 0 aliphatic carbocycles. The van der Waals surface area contributed by atoms with Gasteiger partial charge in [0.05, 0.1) is 0 Å². The van der Waals surface area contributed by atoms with Gasteiger partial charge in [-0.2, -0.15) is 0 Å². The Kier molecular flexibility index (Phi) is 1260000. The number of hydrogen-bond acceptors (Lipinski definition) is 0. The fourth-order valence-electron chi connectivity index (χ4n) is 0. The molecule has 56 valence electrons. The predicted molar refractivity (Wildman–Crippen MR) is 28.4 cm³/mol. The van der Waals surface area contributed by atoms with E-state index in [0.717, 1.165) is 0 Å². The Morgan fingerprint density at radius 1 is 0.286 bits per heavy atom. The van der Waals surface area contributed by atoms with E-state index in [1.165, 1.54) is 0 Å². The maximum absolute atomic E-state index is 0. The summed E-state index contributed by atoms with van der Waals surface area (Å²) in [5.41, 5.74) is 0. The summed E-state index contributed by atoms with van der Waals surface area (Å²) in [6.45, 7) is 0. The minimum atomic E-state index is 0. The molecule has 7 heavy (non-hydrogen) atoms. The van der Waals surface area contributed by atoms with Gasteiger partial charge < -0.3 is 32.9 Å². The minimum absolute atomic E-state index is 0. The highest BCUT2D eigenvalue weighted by atomic mass is 16.0. The molecule has 0 rings (SSSR count). The first-order valence-electron chi connectivity index (χ1n) is 0. The van der Waals surface area contributed by atoms with Crippen LogP contribution in [0.2, 0.25) is 0 Å². The van der Waals surface area contributed by atoms with E-state index in [4.69, 9.17) is 0 Å². The van der Waals surface area contributed by atoms with Crippen LogP contribution in [0.5, 0.6) is 0 Å². The van der Waals surface area contributed by atoms with Gasteiger partial charge in [0.2, 0.25) is 0 Å². The van der Waals surface area contributed by atoms with Gasteiger partial charge in [-0.3, -0.25) is 0 Å². The zero-order chi connectivity index (χ0) is 0. The van der Waals surface area contributed by atoms with Gasteiger partial charge in [-0.05, 0) is 0 Å². The molecule has 0 radical (unpaired) electrons. The van der Waals surface area contributed by atoms with E-state index in [2.05, 4.69) is 0 Å². The fraction of sp³-hybridized carbons (Fsp3) is 1.00. The zero-order valence-electron chi connectivity index (χ0n) is 3.00. The van der Waals surface area contributed by atoms with Crippen molar-refractivity contribution in [2.24, 2.45) is 0 Å². The van der Waals surface area contributed by atoms with Crippen molar-refractivity contribution in [2.45, 2.75) is 7.43 Å². The zero-order valence-corrected chi connectivity index (χ0v) is 3.00. The van der Waals surface area contributed by atoms with Crippen LogP contribution in [0, 0.1) is 0 Å². The largest absolute Gasteiger partial charge is 0.412 e. The number of hydrogen-bond donors (Lipinski definition) is 0. The summed E-state index contributed by atoms with van der Waals surface area (Å²) in [7, 11) is 0. The molecule has 0 amide bonds. The van der Waals surface area contributed by atoms with Crippen molar-refractivity contribution in [3.63, 3.8) is 0 Å². The van der Waals surface area contributed by atoms with Crippen LogP contribution in [-0.4, -0.2) is 32.9 Å². The van der Waals surface area contributed by atoms with Crippen LogP contribution >= 0.6 is 0 Å². The topological polar surface area (TPSA) is 189 Å². The lowest BCUT2D eigenvalue weighted by molar-refractivity contribution is 0.823. The first kappa shape index (κ1) is 3890. The highest BCUT2D eigenvalue weighted by Crippen LogP contribution is 0.144. The van der Waals surface area contributed by atoms with E-state index in [1.807, 2.05) is 0 Å². The highest BCUT2D eigenvalue weighted by Gasteiger charge is -0.0775. The quantitative estimate of drug-likeness (QED) is 0.302. The molecule has 0 aliphatic heterocycles. The van der Waals surface area contributed by atoms with Crippen molar-refractivity contribution in [1.82, 2.24) is 0 Å². The fourth-order valence-corrected chi connectivity index (χ4v) is 0. The third-order valence-corrected chi connectivity index (χ3v) is 0. The summed E-state index contributed by atoms with van der Waals surface area (Å²) in [6.07, 6.45) is 0. The molecule has 6 nitrogen and oxygen atoms in total. The molecule has 0 spiro atoms. The second kappa shape index (κ2) is 2270. The summed E-state index contributed by atoms with van der Waals surface area (Å²) < 4.78 is 0. The molecule has 0 aromatic rings. The lowest BCUT2D eigenvalue weighted by Crippen LogP contribution is -0.290. The summed E-state index contributed by atoms with van der Waals surface area (Å²) in [5, 5.41) is 0. The molecule has 6 heteroatoms. The first-order valence-corrected chi connectivity index (χ1v) is 0. The first-order chi connectivity index (χ1) is 0. The molecule has 0 aromatic heterocycles. The average molecular weight is 124 g/mol. The third-order valence-electron chi connectivity index (χ3n) is 0. The summed E-state index contributed by atoms with van der Waals surface area (Å²) in [4.78, 5) is 0. The Morgan fingerprint density at radius 2 is 0.286 bits per heavy atom. The third kappa shape index (κ3) is 1410. The van der Waals surface area contributed by atoms with Crippen molar-refractivity contribution in [1.29, 1.82) is 0 Å². The van der Waals surface area contributed by atoms with Crippen LogP contribution in [0.1, 0.15) is 7.43 Å². The molecule has 0 aliphatic rings. The van der Waals surface area contributed by atoms with E-state index in [1.54, 1.807) is 0 Å². The van der Waals surface area contributed by atoms with Crippen LogP contribution in [0.4, 0.5) is 0 Å². The van der Waals surface area contributed by atoms with E-state index in [9.17, 15) is 0 Å². The van der Waals surface area contributed by atoms with Crippen molar-refractivity contribution in [3.05, 3.63) is 0 Å². The molecule has 0 saturated carbocycles. The molecule has 0 fully saturated rings. The normalized spacial score (nSPS) is 0. The van der Waals surface area contributed by atoms with Crippen LogP contribution in [-0.2, 0) is 0 Å². The molecule has 0 atom stereocenters. The van der Waals surface area contributed by atoms with Gasteiger partial charge in [0, 0.05) is 0 Å². The molecule has 0 heterocycles. The van der Waals surface area contributed by atoms with E-state index in [0.29, 0.717) is 0 Å². The molecule has 0 saturated heterocycles. The van der Waals surface area contributed by atoms with Gasteiger partial charge >= 0.3 is 0 Å². The molecule has 0 aromatic carbocycles. The molecule has 12 N–H and O–H groups in total. The second-order valence-electron chi connectivity index (χ2n) is 0. The van der Waals surface area contributed by atoms with Gasteiger partial charge in [0.15, 0.2) is 0 Å². The maximum Gasteiger partial charge on any atom is -0.0776 e. The van der Waals surface area contributed by atoms with Crippen LogP contribution in [0.3, 0.4) is 0 Å². The monoisotopic (exact) mass is 124 g/mol. The molecular weight excluding hydrogens is 108 g/mol. The second-order valence-corrected chi connectivity index (χ2v) is 0. The molecular formula is CH16O6. The molecule has 0 unspecified atom stereocenters. The van der Waals surface area contributed by atoms with Gasteiger partial charge in [-0.1, -0.05) is 7.43 Å². The average Bonchev–Trinajstić information content (AvgIpc) is 0. The lowest BCUT2D eigenvalue weighted by atomic mass is 12.0. The van der Waals surface area contributed by atoms with Crippen LogP contribution in [0.15, 0.2) is 0 Å². The Morgan fingerprint density at radius 3 is 0.286 bits per heavy atom. The van der Waals surface area contributed by atoms with Crippen molar-refractivity contribution >= 4 is 0 Å². The Bertz CT molecular complexity index is 4.14.